The molecule has 3 heterocycles. The molecule has 0 aliphatic carbocycles. The van der Waals surface area contributed by atoms with Crippen LogP contribution in [0.15, 0.2) is 22.8 Å². The lowest BCUT2D eigenvalue weighted by atomic mass is 10.0. The summed E-state index contributed by atoms with van der Waals surface area (Å²) in [6, 6.07) is 4.03. The highest BCUT2D eigenvalue weighted by molar-refractivity contribution is 5.78. The third kappa shape index (κ3) is 3.24. The van der Waals surface area contributed by atoms with E-state index in [4.69, 9.17) is 4.42 Å². The van der Waals surface area contributed by atoms with Gasteiger partial charge in [0, 0.05) is 31.4 Å². The van der Waals surface area contributed by atoms with Crippen LogP contribution in [0.4, 0.5) is 0 Å². The van der Waals surface area contributed by atoms with Crippen LogP contribution >= 0.6 is 0 Å². The van der Waals surface area contributed by atoms with Crippen LogP contribution in [0.3, 0.4) is 0 Å². The van der Waals surface area contributed by atoms with Crippen LogP contribution in [0.25, 0.3) is 0 Å². The second-order valence-corrected chi connectivity index (χ2v) is 6.67. The summed E-state index contributed by atoms with van der Waals surface area (Å²) in [5.74, 6) is 0.931. The van der Waals surface area contributed by atoms with E-state index in [1.165, 1.54) is 11.3 Å². The number of likely N-dealkylation sites (N-methyl/N-ethyl adjacent to an activating group) is 1. The summed E-state index contributed by atoms with van der Waals surface area (Å²) in [4.78, 5) is 16.6. The van der Waals surface area contributed by atoms with Gasteiger partial charge in [-0.25, -0.2) is 0 Å². The zero-order valence-electron chi connectivity index (χ0n) is 15.0. The van der Waals surface area contributed by atoms with Crippen molar-refractivity contribution in [2.75, 3.05) is 20.1 Å². The van der Waals surface area contributed by atoms with Crippen LogP contribution in [-0.2, 0) is 18.4 Å². The Morgan fingerprint density at radius 3 is 2.88 bits per heavy atom. The third-order valence-electron chi connectivity index (χ3n) is 5.00. The van der Waals surface area contributed by atoms with Crippen LogP contribution in [-0.4, -0.2) is 45.6 Å². The highest BCUT2D eigenvalue weighted by Gasteiger charge is 2.32. The number of hydrogen-bond donors (Lipinski definition) is 0. The Balaban J connectivity index is 1.68. The molecule has 2 aromatic rings. The number of rotatable bonds is 5. The normalized spacial score (nSPS) is 18.2. The second-order valence-electron chi connectivity index (χ2n) is 6.67. The van der Waals surface area contributed by atoms with Crippen LogP contribution in [0.1, 0.15) is 41.6 Å². The lowest BCUT2D eigenvalue weighted by Crippen LogP contribution is -2.38. The molecule has 1 saturated heterocycles. The number of hydrogen-bond acceptors (Lipinski definition) is 4. The molecule has 0 saturated carbocycles. The maximum absolute atomic E-state index is 12.6. The molecule has 0 spiro atoms. The Labute approximate surface area is 143 Å². The largest absolute Gasteiger partial charge is 0.467 e. The number of carbonyl (C=O) groups is 1. The molecule has 6 heteroatoms. The Kier molecular flexibility index (Phi) is 4.76. The number of aromatic nitrogens is 2. The molecule has 0 radical (unpaired) electrons. The van der Waals surface area contributed by atoms with Gasteiger partial charge in [-0.1, -0.05) is 0 Å². The summed E-state index contributed by atoms with van der Waals surface area (Å²) in [6.07, 6.45) is 3.84. The molecule has 0 bridgehead atoms. The van der Waals surface area contributed by atoms with E-state index in [1.807, 2.05) is 30.9 Å². The van der Waals surface area contributed by atoms with Crippen molar-refractivity contribution in [2.24, 2.45) is 7.05 Å². The summed E-state index contributed by atoms with van der Waals surface area (Å²) in [5, 5.41) is 4.54. The Bertz CT molecular complexity index is 705. The van der Waals surface area contributed by atoms with Crippen molar-refractivity contribution >= 4 is 5.91 Å². The van der Waals surface area contributed by atoms with Gasteiger partial charge in [-0.2, -0.15) is 5.10 Å². The molecule has 0 unspecified atom stereocenters. The first kappa shape index (κ1) is 16.8. The molecule has 1 amide bonds. The Morgan fingerprint density at radius 2 is 2.25 bits per heavy atom. The summed E-state index contributed by atoms with van der Waals surface area (Å²) in [7, 11) is 3.81. The maximum Gasteiger partial charge on any atom is 0.236 e. The number of furan rings is 1. The van der Waals surface area contributed by atoms with Crippen molar-refractivity contribution in [1.82, 2.24) is 19.6 Å². The van der Waals surface area contributed by atoms with E-state index in [0.29, 0.717) is 19.1 Å². The minimum Gasteiger partial charge on any atom is -0.467 e. The van der Waals surface area contributed by atoms with Crippen molar-refractivity contribution in [3.63, 3.8) is 0 Å². The van der Waals surface area contributed by atoms with Gasteiger partial charge in [0.1, 0.15) is 5.76 Å². The van der Waals surface area contributed by atoms with Gasteiger partial charge in [0.25, 0.3) is 0 Å². The molecule has 1 atom stereocenters. The van der Waals surface area contributed by atoms with Crippen molar-refractivity contribution < 1.29 is 9.21 Å². The van der Waals surface area contributed by atoms with E-state index >= 15 is 0 Å². The van der Waals surface area contributed by atoms with Crippen LogP contribution in [0.5, 0.6) is 0 Å². The summed E-state index contributed by atoms with van der Waals surface area (Å²) in [5.41, 5.74) is 3.56. The van der Waals surface area contributed by atoms with Gasteiger partial charge in [0.2, 0.25) is 5.91 Å². The SMILES string of the molecule is Cc1nn(C)c(C)c1[C@@H]1CCCN1CC(=O)N(C)Cc1ccco1. The predicted octanol–water partition coefficient (Wildman–Crippen LogP) is 2.43. The molecule has 3 rings (SSSR count). The van der Waals surface area contributed by atoms with E-state index in [-0.39, 0.29) is 5.91 Å². The van der Waals surface area contributed by atoms with Crippen LogP contribution in [0, 0.1) is 13.8 Å². The van der Waals surface area contributed by atoms with Crippen LogP contribution in [0.2, 0.25) is 0 Å². The highest BCUT2D eigenvalue weighted by Crippen LogP contribution is 2.35. The van der Waals surface area contributed by atoms with E-state index in [2.05, 4.69) is 23.8 Å². The first-order valence-corrected chi connectivity index (χ1v) is 8.48. The molecule has 130 valence electrons. The zero-order chi connectivity index (χ0) is 17.3. The summed E-state index contributed by atoms with van der Waals surface area (Å²) in [6.45, 7) is 6.07. The zero-order valence-corrected chi connectivity index (χ0v) is 15.0. The summed E-state index contributed by atoms with van der Waals surface area (Å²) < 4.78 is 7.27. The number of nitrogens with zero attached hydrogens (tertiary/aromatic N) is 4. The van der Waals surface area contributed by atoms with Crippen molar-refractivity contribution in [2.45, 2.75) is 39.3 Å². The lowest BCUT2D eigenvalue weighted by Gasteiger charge is -2.26. The van der Waals surface area contributed by atoms with Gasteiger partial charge in [-0.15, -0.1) is 0 Å². The minimum absolute atomic E-state index is 0.123. The number of amides is 1. The number of likely N-dealkylation sites (tertiary alicyclic amines) is 1. The van der Waals surface area contributed by atoms with Gasteiger partial charge in [0.05, 0.1) is 25.0 Å². The predicted molar refractivity (Wildman–Crippen MR) is 91.4 cm³/mol. The number of aryl methyl sites for hydroxylation is 2. The Hall–Kier alpha value is -2.08. The van der Waals surface area contributed by atoms with E-state index < -0.39 is 0 Å². The molecule has 0 aromatic carbocycles. The van der Waals surface area contributed by atoms with Crippen molar-refractivity contribution in [1.29, 1.82) is 0 Å². The molecule has 24 heavy (non-hydrogen) atoms. The fourth-order valence-corrected chi connectivity index (χ4v) is 3.63. The maximum atomic E-state index is 12.6. The summed E-state index contributed by atoms with van der Waals surface area (Å²) >= 11 is 0. The van der Waals surface area contributed by atoms with E-state index in [9.17, 15) is 4.79 Å². The molecule has 1 fully saturated rings. The first-order valence-electron chi connectivity index (χ1n) is 8.48. The van der Waals surface area contributed by atoms with Crippen molar-refractivity contribution in [3.05, 3.63) is 41.1 Å². The first-order chi connectivity index (χ1) is 11.5. The standard InChI is InChI=1S/C18H26N4O2/c1-13-18(14(2)21(4)19-13)16-8-5-9-22(16)12-17(23)20(3)11-15-7-6-10-24-15/h6-7,10,16H,5,8-9,11-12H2,1-4H3/t16-/m0/s1. The van der Waals surface area contributed by atoms with Gasteiger partial charge in [0.15, 0.2) is 0 Å². The monoisotopic (exact) mass is 330 g/mol. The quantitative estimate of drug-likeness (QED) is 0.845. The Morgan fingerprint density at radius 1 is 1.46 bits per heavy atom. The van der Waals surface area contributed by atoms with Gasteiger partial charge in [-0.05, 0) is 45.4 Å². The average molecular weight is 330 g/mol. The van der Waals surface area contributed by atoms with E-state index in [0.717, 1.165) is 30.8 Å². The molecule has 2 aromatic heterocycles. The molecule has 1 aliphatic heterocycles. The number of carbonyl (C=O) groups excluding carboxylic acids is 1. The average Bonchev–Trinajstić information content (AvgIpc) is 3.23. The van der Waals surface area contributed by atoms with Gasteiger partial charge >= 0.3 is 0 Å². The second kappa shape index (κ2) is 6.81. The molecular formula is C18H26N4O2. The third-order valence-corrected chi connectivity index (χ3v) is 5.00. The molecule has 1 aliphatic rings. The molecule has 0 N–H and O–H groups in total. The highest BCUT2D eigenvalue weighted by atomic mass is 16.3. The van der Waals surface area contributed by atoms with Gasteiger partial charge in [-0.3, -0.25) is 14.4 Å². The van der Waals surface area contributed by atoms with Crippen LogP contribution < -0.4 is 0 Å². The minimum atomic E-state index is 0.123. The molecular weight excluding hydrogens is 304 g/mol. The lowest BCUT2D eigenvalue weighted by molar-refractivity contribution is -0.132. The van der Waals surface area contributed by atoms with Gasteiger partial charge < -0.3 is 9.32 Å². The molecule has 6 nitrogen and oxygen atoms in total. The topological polar surface area (TPSA) is 54.5 Å². The van der Waals surface area contributed by atoms with Crippen molar-refractivity contribution in [3.8, 4) is 0 Å². The smallest absolute Gasteiger partial charge is 0.236 e. The van der Waals surface area contributed by atoms with E-state index in [1.54, 1.807) is 11.2 Å². The fraction of sp³-hybridized carbons (Fsp3) is 0.556. The fourth-order valence-electron chi connectivity index (χ4n) is 3.63.